The van der Waals surface area contributed by atoms with Crippen molar-refractivity contribution < 1.29 is 14.7 Å². The fraction of sp³-hybridized carbons (Fsp3) is 0.750. The molecular weight excluding hydrogens is 204 g/mol. The van der Waals surface area contributed by atoms with Crippen LogP contribution >= 0.6 is 11.8 Å². The lowest BCUT2D eigenvalue weighted by molar-refractivity contribution is -0.143. The van der Waals surface area contributed by atoms with E-state index in [1.807, 2.05) is 6.26 Å². The van der Waals surface area contributed by atoms with Crippen molar-refractivity contribution in [1.29, 1.82) is 0 Å². The van der Waals surface area contributed by atoms with Crippen LogP contribution in [-0.2, 0) is 9.59 Å². The zero-order valence-corrected chi connectivity index (χ0v) is 9.21. The maximum Gasteiger partial charge on any atom is 0.323 e. The van der Waals surface area contributed by atoms with Gasteiger partial charge < -0.3 is 15.7 Å². The van der Waals surface area contributed by atoms with E-state index in [4.69, 9.17) is 10.8 Å². The molecule has 0 unspecified atom stereocenters. The number of carbonyl (C=O) groups excluding carboxylic acids is 1. The average Bonchev–Trinajstić information content (AvgIpc) is 2.11. The third kappa shape index (κ3) is 5.08. The van der Waals surface area contributed by atoms with E-state index in [2.05, 4.69) is 0 Å². The molecule has 82 valence electrons. The molecule has 0 aromatic carbocycles. The van der Waals surface area contributed by atoms with Crippen LogP contribution in [0.5, 0.6) is 0 Å². The molecule has 0 bridgehead atoms. The molecule has 0 fully saturated rings. The van der Waals surface area contributed by atoms with E-state index in [-0.39, 0.29) is 12.5 Å². The van der Waals surface area contributed by atoms with E-state index in [1.54, 1.807) is 11.8 Å². The van der Waals surface area contributed by atoms with E-state index in [0.29, 0.717) is 6.42 Å². The molecule has 0 spiro atoms. The molecule has 3 N–H and O–H groups in total. The summed E-state index contributed by atoms with van der Waals surface area (Å²) in [5, 5.41) is 8.45. The smallest absolute Gasteiger partial charge is 0.323 e. The zero-order chi connectivity index (χ0) is 11.1. The van der Waals surface area contributed by atoms with Gasteiger partial charge in [0.25, 0.3) is 0 Å². The van der Waals surface area contributed by atoms with Crippen molar-refractivity contribution >= 4 is 23.6 Å². The summed E-state index contributed by atoms with van der Waals surface area (Å²) in [7, 11) is 1.44. The van der Waals surface area contributed by atoms with E-state index in [9.17, 15) is 9.59 Å². The number of nitrogens with zero attached hydrogens (tertiary/aromatic N) is 1. The number of carbonyl (C=O) groups is 2. The highest BCUT2D eigenvalue weighted by Crippen LogP contribution is 2.01. The minimum atomic E-state index is -1.03. The summed E-state index contributed by atoms with van der Waals surface area (Å²) in [6.45, 7) is -0.300. The van der Waals surface area contributed by atoms with Gasteiger partial charge in [0.2, 0.25) is 5.91 Å². The van der Waals surface area contributed by atoms with Gasteiger partial charge in [-0.1, -0.05) is 0 Å². The van der Waals surface area contributed by atoms with Gasteiger partial charge >= 0.3 is 5.97 Å². The van der Waals surface area contributed by atoms with Crippen LogP contribution in [0.1, 0.15) is 6.42 Å². The number of hydrogen-bond donors (Lipinski definition) is 2. The molecule has 0 saturated heterocycles. The Morgan fingerprint density at radius 3 is 2.57 bits per heavy atom. The minimum absolute atomic E-state index is 0.300. The number of likely N-dealkylation sites (N-methyl/N-ethyl adjacent to an activating group) is 1. The Labute approximate surface area is 87.6 Å². The Hall–Kier alpha value is -0.750. The summed E-state index contributed by atoms with van der Waals surface area (Å²) in [4.78, 5) is 22.9. The topological polar surface area (TPSA) is 83.6 Å². The molecule has 5 nitrogen and oxygen atoms in total. The second-order valence-electron chi connectivity index (χ2n) is 2.98. The normalized spacial score (nSPS) is 12.2. The van der Waals surface area contributed by atoms with Crippen molar-refractivity contribution in [2.45, 2.75) is 12.5 Å². The molecule has 6 heteroatoms. The number of carboxylic acid groups (broad SMARTS) is 1. The second-order valence-corrected chi connectivity index (χ2v) is 3.96. The van der Waals surface area contributed by atoms with Crippen LogP contribution in [0.25, 0.3) is 0 Å². The first-order chi connectivity index (χ1) is 6.49. The van der Waals surface area contributed by atoms with Crippen molar-refractivity contribution in [1.82, 2.24) is 4.90 Å². The third-order valence-corrected chi connectivity index (χ3v) is 2.34. The first-order valence-electron chi connectivity index (χ1n) is 4.20. The van der Waals surface area contributed by atoms with Crippen LogP contribution in [0.15, 0.2) is 0 Å². The lowest BCUT2D eigenvalue weighted by atomic mass is 10.2. The summed E-state index contributed by atoms with van der Waals surface area (Å²) < 4.78 is 0. The molecule has 1 amide bonds. The standard InChI is InChI=1S/C8H16N2O3S/c1-10(5-7(11)12)8(13)6(9)3-4-14-2/h6H,3-5,9H2,1-2H3,(H,11,12)/t6-/m1/s1. The minimum Gasteiger partial charge on any atom is -0.480 e. The zero-order valence-electron chi connectivity index (χ0n) is 8.40. The van der Waals surface area contributed by atoms with Gasteiger partial charge in [0.15, 0.2) is 0 Å². The number of aliphatic carboxylic acids is 1. The maximum absolute atomic E-state index is 11.4. The van der Waals surface area contributed by atoms with Gasteiger partial charge in [-0.05, 0) is 18.4 Å². The third-order valence-electron chi connectivity index (χ3n) is 1.70. The van der Waals surface area contributed by atoms with Gasteiger partial charge in [0.1, 0.15) is 6.54 Å². The van der Waals surface area contributed by atoms with Crippen LogP contribution in [0.2, 0.25) is 0 Å². The molecule has 0 aromatic rings. The molecule has 14 heavy (non-hydrogen) atoms. The molecule has 0 aliphatic carbocycles. The number of rotatable bonds is 6. The molecule has 0 aliphatic rings. The number of carboxylic acids is 1. The lowest BCUT2D eigenvalue weighted by Crippen LogP contribution is -2.44. The number of hydrogen-bond acceptors (Lipinski definition) is 4. The Kier molecular flexibility index (Phi) is 6.31. The molecule has 0 aliphatic heterocycles. The van der Waals surface area contributed by atoms with Crippen LogP contribution in [-0.4, -0.2) is 53.5 Å². The summed E-state index contributed by atoms with van der Waals surface area (Å²) in [5.41, 5.74) is 5.58. The predicted octanol–water partition coefficient (Wildman–Crippen LogP) is -0.390. The van der Waals surface area contributed by atoms with Gasteiger partial charge in [-0.15, -0.1) is 0 Å². The molecule has 0 aromatic heterocycles. The molecule has 0 radical (unpaired) electrons. The Morgan fingerprint density at radius 1 is 1.57 bits per heavy atom. The predicted molar refractivity (Wildman–Crippen MR) is 56.2 cm³/mol. The Balaban J connectivity index is 3.97. The fourth-order valence-corrected chi connectivity index (χ4v) is 1.42. The number of thioether (sulfide) groups is 1. The average molecular weight is 220 g/mol. The first kappa shape index (κ1) is 13.2. The highest BCUT2D eigenvalue weighted by molar-refractivity contribution is 7.98. The number of amides is 1. The van der Waals surface area contributed by atoms with E-state index in [0.717, 1.165) is 10.7 Å². The van der Waals surface area contributed by atoms with Gasteiger partial charge in [0.05, 0.1) is 6.04 Å². The summed E-state index contributed by atoms with van der Waals surface area (Å²) in [5.74, 6) is -0.548. The van der Waals surface area contributed by atoms with Crippen LogP contribution in [0, 0.1) is 0 Å². The van der Waals surface area contributed by atoms with Gasteiger partial charge in [0, 0.05) is 7.05 Å². The van der Waals surface area contributed by atoms with Crippen molar-refractivity contribution in [3.63, 3.8) is 0 Å². The SMILES string of the molecule is CSCC[C@@H](N)C(=O)N(C)CC(=O)O. The number of nitrogens with two attached hydrogens (primary N) is 1. The summed E-state index contributed by atoms with van der Waals surface area (Å²) >= 11 is 1.61. The summed E-state index contributed by atoms with van der Waals surface area (Å²) in [6, 6.07) is -0.591. The van der Waals surface area contributed by atoms with Crippen LogP contribution in [0.4, 0.5) is 0 Å². The van der Waals surface area contributed by atoms with Crippen molar-refractivity contribution in [2.24, 2.45) is 5.73 Å². The van der Waals surface area contributed by atoms with E-state index >= 15 is 0 Å². The largest absolute Gasteiger partial charge is 0.480 e. The van der Waals surface area contributed by atoms with Crippen molar-refractivity contribution in [3.8, 4) is 0 Å². The molecule has 0 rings (SSSR count). The van der Waals surface area contributed by atoms with Gasteiger partial charge in [-0.2, -0.15) is 11.8 Å². The van der Waals surface area contributed by atoms with Crippen molar-refractivity contribution in [2.75, 3.05) is 25.6 Å². The lowest BCUT2D eigenvalue weighted by Gasteiger charge is -2.18. The Bertz CT molecular complexity index is 211. The van der Waals surface area contributed by atoms with Gasteiger partial charge in [-0.25, -0.2) is 0 Å². The second kappa shape index (κ2) is 6.67. The quantitative estimate of drug-likeness (QED) is 0.637. The summed E-state index contributed by atoms with van der Waals surface area (Å²) in [6.07, 6.45) is 2.50. The highest BCUT2D eigenvalue weighted by Gasteiger charge is 2.18. The van der Waals surface area contributed by atoms with Gasteiger partial charge in [-0.3, -0.25) is 9.59 Å². The van der Waals surface area contributed by atoms with Crippen LogP contribution < -0.4 is 5.73 Å². The first-order valence-corrected chi connectivity index (χ1v) is 5.59. The van der Waals surface area contributed by atoms with E-state index in [1.165, 1.54) is 7.05 Å². The Morgan fingerprint density at radius 2 is 2.14 bits per heavy atom. The molecule has 1 atom stereocenters. The molecule has 0 saturated carbocycles. The fourth-order valence-electron chi connectivity index (χ4n) is 0.932. The van der Waals surface area contributed by atoms with Crippen molar-refractivity contribution in [3.05, 3.63) is 0 Å². The maximum atomic E-state index is 11.4. The molecule has 0 heterocycles. The monoisotopic (exact) mass is 220 g/mol. The van der Waals surface area contributed by atoms with Crippen LogP contribution in [0.3, 0.4) is 0 Å². The molecular formula is C8H16N2O3S. The highest BCUT2D eigenvalue weighted by atomic mass is 32.2. The van der Waals surface area contributed by atoms with E-state index < -0.39 is 12.0 Å².